The maximum Gasteiger partial charge on any atom is 0.287 e. The van der Waals surface area contributed by atoms with Crippen LogP contribution in [0.25, 0.3) is 0 Å². The molecule has 3 N–H and O–H groups in total. The first kappa shape index (κ1) is 23.1. The molecule has 0 unspecified atom stereocenters. The molecule has 33 heavy (non-hydrogen) atoms. The minimum absolute atomic E-state index is 0.0139. The number of methoxy groups -OCH3 is 1. The van der Waals surface area contributed by atoms with E-state index in [-0.39, 0.29) is 24.6 Å². The van der Waals surface area contributed by atoms with Gasteiger partial charge in [0.1, 0.15) is 24.1 Å². The summed E-state index contributed by atoms with van der Waals surface area (Å²) in [5.41, 5.74) is 0.990. The van der Waals surface area contributed by atoms with E-state index in [4.69, 9.17) is 13.9 Å². The normalized spacial score (nSPS) is 25.2. The van der Waals surface area contributed by atoms with Crippen molar-refractivity contribution in [1.82, 2.24) is 10.2 Å². The van der Waals surface area contributed by atoms with Crippen molar-refractivity contribution in [2.24, 2.45) is 0 Å². The van der Waals surface area contributed by atoms with Crippen LogP contribution in [0.2, 0.25) is 0 Å². The smallest absolute Gasteiger partial charge is 0.287 e. The second kappa shape index (κ2) is 10.2. The van der Waals surface area contributed by atoms with Gasteiger partial charge in [-0.2, -0.15) is 0 Å². The SMILES string of the molecule is COc1ccccc1N1CCN(C(=O)C[C@@H]2O[C@H](CNC(=O)c3ccco3)[C@@H](O)[C@H]2O)CC1. The highest BCUT2D eigenvalue weighted by Crippen LogP contribution is 2.29. The highest BCUT2D eigenvalue weighted by atomic mass is 16.5. The largest absolute Gasteiger partial charge is 0.495 e. The number of para-hydroxylation sites is 2. The first-order valence-electron chi connectivity index (χ1n) is 11.0. The number of piperazine rings is 1. The molecule has 2 amide bonds. The summed E-state index contributed by atoms with van der Waals surface area (Å²) < 4.78 is 16.2. The number of carbonyl (C=O) groups is 2. The van der Waals surface area contributed by atoms with E-state index < -0.39 is 30.3 Å². The lowest BCUT2D eigenvalue weighted by molar-refractivity contribution is -0.135. The van der Waals surface area contributed by atoms with Crippen LogP contribution in [0.15, 0.2) is 47.1 Å². The first-order valence-corrected chi connectivity index (χ1v) is 11.0. The van der Waals surface area contributed by atoms with E-state index in [2.05, 4.69) is 10.2 Å². The Morgan fingerprint density at radius 1 is 1.06 bits per heavy atom. The molecule has 2 aromatic rings. The number of aliphatic hydroxyl groups is 2. The van der Waals surface area contributed by atoms with E-state index in [1.807, 2.05) is 24.3 Å². The molecular formula is C23H29N3O7. The van der Waals surface area contributed by atoms with Crippen LogP contribution in [0.3, 0.4) is 0 Å². The molecule has 3 heterocycles. The minimum Gasteiger partial charge on any atom is -0.495 e. The highest BCUT2D eigenvalue weighted by Gasteiger charge is 2.44. The van der Waals surface area contributed by atoms with Crippen molar-refractivity contribution < 1.29 is 33.7 Å². The van der Waals surface area contributed by atoms with Gasteiger partial charge in [0.25, 0.3) is 5.91 Å². The number of aliphatic hydroxyl groups excluding tert-OH is 2. The zero-order chi connectivity index (χ0) is 23.4. The summed E-state index contributed by atoms with van der Waals surface area (Å²) in [6, 6.07) is 10.9. The van der Waals surface area contributed by atoms with Gasteiger partial charge in [0, 0.05) is 32.7 Å². The molecule has 2 saturated heterocycles. The highest BCUT2D eigenvalue weighted by molar-refractivity contribution is 5.91. The zero-order valence-corrected chi connectivity index (χ0v) is 18.4. The Morgan fingerprint density at radius 2 is 1.79 bits per heavy atom. The van der Waals surface area contributed by atoms with Gasteiger partial charge in [0.05, 0.1) is 31.6 Å². The predicted octanol–water partition coefficient (Wildman–Crippen LogP) is 0.246. The van der Waals surface area contributed by atoms with Crippen molar-refractivity contribution in [3.8, 4) is 5.75 Å². The topological polar surface area (TPSA) is 125 Å². The molecule has 1 aromatic carbocycles. The number of ether oxygens (including phenoxy) is 2. The van der Waals surface area contributed by atoms with E-state index >= 15 is 0 Å². The predicted molar refractivity (Wildman–Crippen MR) is 118 cm³/mol. The third-order valence-corrected chi connectivity index (χ3v) is 6.10. The molecule has 1 aromatic heterocycles. The van der Waals surface area contributed by atoms with Crippen LogP contribution in [0.5, 0.6) is 5.75 Å². The van der Waals surface area contributed by atoms with Gasteiger partial charge < -0.3 is 39.2 Å². The number of benzene rings is 1. The van der Waals surface area contributed by atoms with Crippen LogP contribution in [-0.4, -0.2) is 91.2 Å². The Labute approximate surface area is 191 Å². The maximum absolute atomic E-state index is 12.8. The molecule has 0 radical (unpaired) electrons. The molecule has 2 aliphatic heterocycles. The van der Waals surface area contributed by atoms with Crippen molar-refractivity contribution in [3.63, 3.8) is 0 Å². The Morgan fingerprint density at radius 3 is 2.48 bits per heavy atom. The third-order valence-electron chi connectivity index (χ3n) is 6.10. The van der Waals surface area contributed by atoms with Gasteiger partial charge in [-0.15, -0.1) is 0 Å². The summed E-state index contributed by atoms with van der Waals surface area (Å²) in [4.78, 5) is 28.7. The van der Waals surface area contributed by atoms with E-state index in [1.165, 1.54) is 12.3 Å². The lowest BCUT2D eigenvalue weighted by atomic mass is 10.0. The lowest BCUT2D eigenvalue weighted by Gasteiger charge is -2.37. The second-order valence-electron chi connectivity index (χ2n) is 8.13. The van der Waals surface area contributed by atoms with Crippen molar-refractivity contribution in [2.75, 3.05) is 44.7 Å². The van der Waals surface area contributed by atoms with E-state index in [0.29, 0.717) is 26.2 Å². The Kier molecular flexibility index (Phi) is 7.17. The van der Waals surface area contributed by atoms with Gasteiger partial charge in [-0.3, -0.25) is 9.59 Å². The zero-order valence-electron chi connectivity index (χ0n) is 18.4. The van der Waals surface area contributed by atoms with Gasteiger partial charge in [-0.05, 0) is 24.3 Å². The van der Waals surface area contributed by atoms with Gasteiger partial charge >= 0.3 is 0 Å². The third kappa shape index (κ3) is 5.13. The summed E-state index contributed by atoms with van der Waals surface area (Å²) in [6.45, 7) is 2.37. The number of hydrogen-bond donors (Lipinski definition) is 3. The fraction of sp³-hybridized carbons (Fsp3) is 0.478. The van der Waals surface area contributed by atoms with Crippen molar-refractivity contribution in [3.05, 3.63) is 48.4 Å². The molecular weight excluding hydrogens is 430 g/mol. The van der Waals surface area contributed by atoms with Gasteiger partial charge in [-0.1, -0.05) is 12.1 Å². The Hall–Kier alpha value is -3.08. The van der Waals surface area contributed by atoms with Crippen LogP contribution in [0, 0.1) is 0 Å². The number of carbonyl (C=O) groups excluding carboxylic acids is 2. The summed E-state index contributed by atoms with van der Waals surface area (Å²) in [5, 5.41) is 23.3. The molecule has 0 spiro atoms. The molecule has 4 rings (SSSR count). The van der Waals surface area contributed by atoms with Crippen molar-refractivity contribution in [1.29, 1.82) is 0 Å². The van der Waals surface area contributed by atoms with E-state index in [9.17, 15) is 19.8 Å². The quantitative estimate of drug-likeness (QED) is 0.538. The van der Waals surface area contributed by atoms with Crippen molar-refractivity contribution in [2.45, 2.75) is 30.8 Å². The number of nitrogens with one attached hydrogen (secondary N) is 1. The lowest BCUT2D eigenvalue weighted by Crippen LogP contribution is -2.50. The maximum atomic E-state index is 12.8. The Balaban J connectivity index is 1.26. The summed E-state index contributed by atoms with van der Waals surface area (Å²) in [7, 11) is 1.63. The summed E-state index contributed by atoms with van der Waals surface area (Å²) in [6.07, 6.45) is -2.74. The van der Waals surface area contributed by atoms with Crippen molar-refractivity contribution >= 4 is 17.5 Å². The molecule has 4 atom stereocenters. The summed E-state index contributed by atoms with van der Waals surface area (Å²) in [5.74, 6) is 0.338. The molecule has 2 aliphatic rings. The number of amides is 2. The minimum atomic E-state index is -1.21. The molecule has 0 bridgehead atoms. The molecule has 10 heteroatoms. The first-order chi connectivity index (χ1) is 16.0. The van der Waals surface area contributed by atoms with Gasteiger partial charge in [-0.25, -0.2) is 0 Å². The molecule has 2 fully saturated rings. The van der Waals surface area contributed by atoms with E-state index in [0.717, 1.165) is 11.4 Å². The standard InChI is InChI=1S/C23H29N3O7/c1-31-16-6-3-2-5-15(16)25-8-10-26(11-9-25)20(27)13-18-21(28)22(29)19(33-18)14-24-23(30)17-7-4-12-32-17/h2-7,12,18-19,21-22,28-29H,8-11,13-14H2,1H3,(H,24,30)/t18-,19+,21-,22+/m0/s1. The van der Waals surface area contributed by atoms with Gasteiger partial charge in [0.2, 0.25) is 5.91 Å². The number of nitrogens with zero attached hydrogens (tertiary/aromatic N) is 2. The molecule has 178 valence electrons. The average molecular weight is 459 g/mol. The van der Waals surface area contributed by atoms with Crippen LogP contribution in [0.4, 0.5) is 5.69 Å². The number of hydrogen-bond acceptors (Lipinski definition) is 8. The van der Waals surface area contributed by atoms with Crippen LogP contribution in [-0.2, 0) is 9.53 Å². The number of anilines is 1. The fourth-order valence-corrected chi connectivity index (χ4v) is 4.24. The average Bonchev–Trinajstić information content (AvgIpc) is 3.48. The summed E-state index contributed by atoms with van der Waals surface area (Å²) >= 11 is 0. The van der Waals surface area contributed by atoms with Crippen LogP contribution >= 0.6 is 0 Å². The van der Waals surface area contributed by atoms with Crippen LogP contribution in [0.1, 0.15) is 17.0 Å². The van der Waals surface area contributed by atoms with Gasteiger partial charge in [0.15, 0.2) is 5.76 Å². The monoisotopic (exact) mass is 459 g/mol. The number of furan rings is 1. The molecule has 10 nitrogen and oxygen atoms in total. The Bertz CT molecular complexity index is 943. The van der Waals surface area contributed by atoms with E-state index in [1.54, 1.807) is 18.1 Å². The number of rotatable bonds is 7. The molecule has 0 aliphatic carbocycles. The fourth-order valence-electron chi connectivity index (χ4n) is 4.24. The second-order valence-corrected chi connectivity index (χ2v) is 8.13. The molecule has 0 saturated carbocycles. The van der Waals surface area contributed by atoms with Crippen LogP contribution < -0.4 is 15.0 Å².